The zero-order chi connectivity index (χ0) is 18.6. The van der Waals surface area contributed by atoms with Gasteiger partial charge in [-0.15, -0.1) is 0 Å². The highest BCUT2D eigenvalue weighted by molar-refractivity contribution is 7.71. The minimum absolute atomic E-state index is 0.618. The van der Waals surface area contributed by atoms with Crippen molar-refractivity contribution >= 4 is 12.2 Å². The summed E-state index contributed by atoms with van der Waals surface area (Å²) in [5, 5.41) is 4.92. The molecule has 0 unspecified atom stereocenters. The predicted octanol–water partition coefficient (Wildman–Crippen LogP) is 3.73. The van der Waals surface area contributed by atoms with Crippen molar-refractivity contribution < 1.29 is 4.74 Å². The van der Waals surface area contributed by atoms with Crippen LogP contribution in [0.15, 0.2) is 24.5 Å². The number of fused-ring (bicyclic) bond motifs is 1. The molecule has 1 saturated carbocycles. The van der Waals surface area contributed by atoms with Crippen LogP contribution in [0.5, 0.6) is 0 Å². The van der Waals surface area contributed by atoms with Crippen LogP contribution in [-0.4, -0.2) is 50.5 Å². The Bertz CT molecular complexity index is 800. The van der Waals surface area contributed by atoms with Gasteiger partial charge in [0.1, 0.15) is 0 Å². The standard InChI is InChI=1S/C20H29N5OS/c1-26-14-13-24-19(17-8-10-21-11-9-17)22-25(20(24)27)15-23-12-4-6-16-5-2-3-7-18(16)23/h8-11,16,18H,2-7,12-15H2,1H3/t16-,18-/m0/s1. The molecule has 0 spiro atoms. The second kappa shape index (κ2) is 8.63. The quantitative estimate of drug-likeness (QED) is 0.707. The lowest BCUT2D eigenvalue weighted by molar-refractivity contribution is 0.0323. The first kappa shape index (κ1) is 18.8. The summed E-state index contributed by atoms with van der Waals surface area (Å²) in [4.78, 5) is 6.75. The number of nitrogens with zero attached hydrogens (tertiary/aromatic N) is 5. The number of pyridine rings is 1. The van der Waals surface area contributed by atoms with Gasteiger partial charge in [0.05, 0.1) is 19.8 Å². The van der Waals surface area contributed by atoms with Crippen LogP contribution in [0.1, 0.15) is 38.5 Å². The molecule has 3 heterocycles. The average molecular weight is 388 g/mol. The molecule has 146 valence electrons. The molecule has 0 N–H and O–H groups in total. The van der Waals surface area contributed by atoms with E-state index in [1.54, 1.807) is 19.5 Å². The van der Waals surface area contributed by atoms with Crippen LogP contribution in [0.25, 0.3) is 11.4 Å². The van der Waals surface area contributed by atoms with E-state index >= 15 is 0 Å². The van der Waals surface area contributed by atoms with E-state index in [0.717, 1.165) is 35.3 Å². The lowest BCUT2D eigenvalue weighted by Gasteiger charge is -2.43. The molecule has 1 aliphatic carbocycles. The summed E-state index contributed by atoms with van der Waals surface area (Å²) >= 11 is 5.81. The number of aromatic nitrogens is 4. The van der Waals surface area contributed by atoms with Crippen LogP contribution in [0, 0.1) is 10.7 Å². The number of rotatable bonds is 6. The number of hydrogen-bond acceptors (Lipinski definition) is 5. The number of likely N-dealkylation sites (tertiary alicyclic amines) is 1. The third-order valence-electron chi connectivity index (χ3n) is 6.05. The van der Waals surface area contributed by atoms with Crippen molar-refractivity contribution in [1.82, 2.24) is 24.2 Å². The van der Waals surface area contributed by atoms with Gasteiger partial charge in [-0.25, -0.2) is 4.68 Å². The van der Waals surface area contributed by atoms with Gasteiger partial charge in [0.25, 0.3) is 0 Å². The normalized spacial score (nSPS) is 23.3. The fraction of sp³-hybridized carbons (Fsp3) is 0.650. The summed E-state index contributed by atoms with van der Waals surface area (Å²) in [6, 6.07) is 4.67. The maximum atomic E-state index is 5.81. The Balaban J connectivity index is 1.62. The summed E-state index contributed by atoms with van der Waals surface area (Å²) in [7, 11) is 1.72. The van der Waals surface area contributed by atoms with E-state index in [-0.39, 0.29) is 0 Å². The lowest BCUT2D eigenvalue weighted by Crippen LogP contribution is -2.47. The molecule has 2 atom stereocenters. The maximum absolute atomic E-state index is 5.81. The zero-order valence-corrected chi connectivity index (χ0v) is 16.9. The van der Waals surface area contributed by atoms with Crippen LogP contribution in [0.4, 0.5) is 0 Å². The Morgan fingerprint density at radius 3 is 2.74 bits per heavy atom. The molecule has 27 heavy (non-hydrogen) atoms. The molecule has 7 heteroatoms. The van der Waals surface area contributed by atoms with Crippen molar-refractivity contribution in [2.45, 2.75) is 57.8 Å². The highest BCUT2D eigenvalue weighted by Crippen LogP contribution is 2.35. The molecule has 0 radical (unpaired) electrons. The van der Waals surface area contributed by atoms with Crippen LogP contribution >= 0.6 is 12.2 Å². The SMILES string of the molecule is COCCn1c(-c2ccncc2)nn(CN2CCC[C@@H]3CCCC[C@@H]32)c1=S. The van der Waals surface area contributed by atoms with E-state index in [4.69, 9.17) is 22.1 Å². The molecular weight excluding hydrogens is 358 g/mol. The fourth-order valence-electron chi connectivity index (χ4n) is 4.71. The Morgan fingerprint density at radius 2 is 1.93 bits per heavy atom. The Kier molecular flexibility index (Phi) is 6.00. The monoisotopic (exact) mass is 387 g/mol. The first-order valence-electron chi connectivity index (χ1n) is 10.1. The van der Waals surface area contributed by atoms with Gasteiger partial charge in [-0.3, -0.25) is 14.5 Å². The van der Waals surface area contributed by atoms with Gasteiger partial charge < -0.3 is 4.74 Å². The summed E-state index contributed by atoms with van der Waals surface area (Å²) in [6.45, 7) is 3.27. The van der Waals surface area contributed by atoms with Crippen molar-refractivity contribution in [3.63, 3.8) is 0 Å². The molecule has 2 aliphatic rings. The van der Waals surface area contributed by atoms with Crippen LogP contribution < -0.4 is 0 Å². The molecule has 2 aromatic rings. The second-order valence-corrected chi connectivity index (χ2v) is 8.06. The number of piperidine rings is 1. The molecule has 0 aromatic carbocycles. The van der Waals surface area contributed by atoms with E-state index in [0.29, 0.717) is 19.2 Å². The molecule has 2 aromatic heterocycles. The number of ether oxygens (including phenoxy) is 1. The zero-order valence-electron chi connectivity index (χ0n) is 16.1. The van der Waals surface area contributed by atoms with Gasteiger partial charge >= 0.3 is 0 Å². The molecule has 0 amide bonds. The van der Waals surface area contributed by atoms with Crippen molar-refractivity contribution in [1.29, 1.82) is 0 Å². The third kappa shape index (κ3) is 4.00. The van der Waals surface area contributed by atoms with E-state index in [1.807, 2.05) is 16.8 Å². The summed E-state index contributed by atoms with van der Waals surface area (Å²) < 4.78 is 10.2. The van der Waals surface area contributed by atoms with E-state index in [2.05, 4.69) is 14.5 Å². The molecule has 0 bridgehead atoms. The van der Waals surface area contributed by atoms with Crippen molar-refractivity contribution in [2.24, 2.45) is 5.92 Å². The first-order valence-corrected chi connectivity index (χ1v) is 10.5. The fourth-order valence-corrected chi connectivity index (χ4v) is 4.98. The van der Waals surface area contributed by atoms with Crippen molar-refractivity contribution in [3.8, 4) is 11.4 Å². The molecule has 4 rings (SSSR count). The van der Waals surface area contributed by atoms with E-state index < -0.39 is 0 Å². The lowest BCUT2D eigenvalue weighted by atomic mass is 9.78. The maximum Gasteiger partial charge on any atom is 0.199 e. The smallest absolute Gasteiger partial charge is 0.199 e. The van der Waals surface area contributed by atoms with Gasteiger partial charge in [-0.1, -0.05) is 12.8 Å². The minimum atomic E-state index is 0.618. The number of hydrogen-bond donors (Lipinski definition) is 0. The molecule has 6 nitrogen and oxygen atoms in total. The Labute approximate surface area is 166 Å². The summed E-state index contributed by atoms with van der Waals surface area (Å²) in [5.41, 5.74) is 1.04. The topological polar surface area (TPSA) is 48.1 Å². The third-order valence-corrected chi connectivity index (χ3v) is 6.49. The number of methoxy groups -OCH3 is 1. The van der Waals surface area contributed by atoms with Gasteiger partial charge in [0, 0.05) is 37.7 Å². The second-order valence-electron chi connectivity index (χ2n) is 7.69. The van der Waals surface area contributed by atoms with Crippen LogP contribution in [0.3, 0.4) is 0 Å². The summed E-state index contributed by atoms with van der Waals surface area (Å²) in [5.74, 6) is 1.76. The highest BCUT2D eigenvalue weighted by atomic mass is 32.1. The van der Waals surface area contributed by atoms with Gasteiger partial charge in [-0.2, -0.15) is 5.10 Å². The highest BCUT2D eigenvalue weighted by Gasteiger charge is 2.33. The molecule has 2 fully saturated rings. The van der Waals surface area contributed by atoms with Gasteiger partial charge in [-0.05, 0) is 56.0 Å². The van der Waals surface area contributed by atoms with Crippen molar-refractivity contribution in [3.05, 3.63) is 29.3 Å². The van der Waals surface area contributed by atoms with E-state index in [1.165, 1.54) is 38.5 Å². The molecule has 1 saturated heterocycles. The Morgan fingerprint density at radius 1 is 1.15 bits per heavy atom. The minimum Gasteiger partial charge on any atom is -0.383 e. The Hall–Kier alpha value is -1.57. The van der Waals surface area contributed by atoms with Crippen LogP contribution in [-0.2, 0) is 18.0 Å². The largest absolute Gasteiger partial charge is 0.383 e. The first-order chi connectivity index (χ1) is 13.3. The van der Waals surface area contributed by atoms with Gasteiger partial charge in [0.2, 0.25) is 0 Å². The van der Waals surface area contributed by atoms with Gasteiger partial charge in [0.15, 0.2) is 10.6 Å². The summed E-state index contributed by atoms with van der Waals surface area (Å²) in [6.07, 6.45) is 11.7. The average Bonchev–Trinajstić information content (AvgIpc) is 3.03. The predicted molar refractivity (Wildman–Crippen MR) is 108 cm³/mol. The van der Waals surface area contributed by atoms with E-state index in [9.17, 15) is 0 Å². The van der Waals surface area contributed by atoms with Crippen molar-refractivity contribution in [2.75, 3.05) is 20.3 Å². The van der Waals surface area contributed by atoms with Crippen LogP contribution in [0.2, 0.25) is 0 Å². The molecule has 1 aliphatic heterocycles. The molecular formula is C20H29N5OS.